The summed E-state index contributed by atoms with van der Waals surface area (Å²) in [6, 6.07) is 95.1. The Labute approximate surface area is 477 Å². The second-order valence-corrected chi connectivity index (χ2v) is 22.7. The van der Waals surface area contributed by atoms with Crippen molar-refractivity contribution in [1.29, 1.82) is 0 Å². The molecule has 18 rings (SSSR count). The molecule has 0 amide bonds. The molecule has 386 valence electrons. The fourth-order valence-electron chi connectivity index (χ4n) is 15.9. The third kappa shape index (κ3) is 5.71. The Balaban J connectivity index is 0.886. The van der Waals surface area contributed by atoms with Gasteiger partial charge in [-0.2, -0.15) is 0 Å². The van der Waals surface area contributed by atoms with Gasteiger partial charge in [0.25, 0.3) is 0 Å². The number of nitrogens with zero attached hydrogens (tertiary/aromatic N) is 2. The van der Waals surface area contributed by atoms with Gasteiger partial charge in [0.05, 0.1) is 33.6 Å². The van der Waals surface area contributed by atoms with Gasteiger partial charge >= 0.3 is 0 Å². The molecule has 0 fully saturated rings. The van der Waals surface area contributed by atoms with E-state index in [4.69, 9.17) is 9.47 Å². The normalized spacial score (nSPS) is 14.7. The zero-order chi connectivity index (χ0) is 54.0. The fourth-order valence-corrected chi connectivity index (χ4v) is 15.9. The molecule has 0 aromatic heterocycles. The van der Waals surface area contributed by atoms with Crippen LogP contribution in [0.3, 0.4) is 0 Å². The number of aryl methyl sites for hydroxylation is 1. The summed E-state index contributed by atoms with van der Waals surface area (Å²) in [6.07, 6.45) is 1.73. The molecule has 4 nitrogen and oxygen atoms in total. The minimum atomic E-state index is -0.555. The topological polar surface area (TPSA) is 24.9 Å². The first-order valence-corrected chi connectivity index (χ1v) is 28.9. The average Bonchev–Trinajstić information content (AvgIpc) is 2.48. The van der Waals surface area contributed by atoms with E-state index >= 15 is 0 Å². The van der Waals surface area contributed by atoms with Crippen LogP contribution in [-0.4, -0.2) is 0 Å². The Morgan fingerprint density at radius 3 is 1.10 bits per heavy atom. The third-order valence-corrected chi connectivity index (χ3v) is 19.0. The van der Waals surface area contributed by atoms with Crippen molar-refractivity contribution < 1.29 is 9.47 Å². The van der Waals surface area contributed by atoms with Crippen molar-refractivity contribution in [2.24, 2.45) is 0 Å². The molecule has 0 unspecified atom stereocenters. The highest BCUT2D eigenvalue weighted by atomic mass is 16.5. The van der Waals surface area contributed by atoms with Gasteiger partial charge < -0.3 is 19.3 Å². The summed E-state index contributed by atoms with van der Waals surface area (Å²) in [7, 11) is 0. The van der Waals surface area contributed by atoms with Crippen LogP contribution in [0.4, 0.5) is 34.1 Å². The monoisotopic (exact) mass is 1050 g/mol. The fraction of sp³-hybridized carbons (Fsp3) is 0.0769. The van der Waals surface area contributed by atoms with Crippen LogP contribution >= 0.6 is 0 Å². The maximum Gasteiger partial charge on any atom is 0.151 e. The smallest absolute Gasteiger partial charge is 0.151 e. The Hall–Kier alpha value is -10.2. The molecule has 12 aromatic carbocycles. The lowest BCUT2D eigenvalue weighted by atomic mass is 9.69. The van der Waals surface area contributed by atoms with Crippen molar-refractivity contribution in [3.63, 3.8) is 0 Å². The summed E-state index contributed by atoms with van der Waals surface area (Å²) in [4.78, 5) is 4.79. The molecule has 0 saturated heterocycles. The van der Waals surface area contributed by atoms with Gasteiger partial charge in [-0.3, -0.25) is 0 Å². The van der Waals surface area contributed by atoms with Crippen LogP contribution < -0.4 is 19.3 Å². The quantitative estimate of drug-likeness (QED) is 0.171. The number of hydrogen-bond acceptors (Lipinski definition) is 4. The van der Waals surface area contributed by atoms with Crippen LogP contribution in [0.1, 0.15) is 69.5 Å². The van der Waals surface area contributed by atoms with Crippen LogP contribution in [0.15, 0.2) is 255 Å². The van der Waals surface area contributed by atoms with Crippen molar-refractivity contribution in [3.8, 4) is 78.6 Å². The Kier molecular flexibility index (Phi) is 9.30. The molecule has 0 saturated carbocycles. The molecule has 0 N–H and O–H groups in total. The van der Waals surface area contributed by atoms with E-state index in [0.29, 0.717) is 0 Å². The second kappa shape index (κ2) is 16.7. The lowest BCUT2D eigenvalue weighted by Crippen LogP contribution is -2.26. The Morgan fingerprint density at radius 2 is 0.646 bits per heavy atom. The number of rotatable bonds is 5. The van der Waals surface area contributed by atoms with E-state index in [2.05, 4.69) is 278 Å². The van der Waals surface area contributed by atoms with E-state index in [9.17, 15) is 0 Å². The molecule has 2 spiro atoms. The second-order valence-electron chi connectivity index (χ2n) is 22.7. The van der Waals surface area contributed by atoms with Gasteiger partial charge in [-0.15, -0.1) is 0 Å². The van der Waals surface area contributed by atoms with Crippen LogP contribution in [-0.2, 0) is 23.7 Å². The number of ether oxygens (including phenoxy) is 2. The Bertz CT molecular complexity index is 4500. The molecule has 0 radical (unpaired) electrons. The zero-order valence-electron chi connectivity index (χ0n) is 45.4. The van der Waals surface area contributed by atoms with Gasteiger partial charge in [-0.25, -0.2) is 0 Å². The van der Waals surface area contributed by atoms with Gasteiger partial charge in [-0.1, -0.05) is 190 Å². The van der Waals surface area contributed by atoms with Crippen molar-refractivity contribution in [2.75, 3.05) is 9.80 Å². The minimum absolute atomic E-state index is 0.555. The molecule has 82 heavy (non-hydrogen) atoms. The summed E-state index contributed by atoms with van der Waals surface area (Å²) in [5.74, 6) is 3.38. The van der Waals surface area contributed by atoms with Gasteiger partial charge in [0.1, 0.15) is 0 Å². The Morgan fingerprint density at radius 1 is 0.280 bits per heavy atom. The largest absolute Gasteiger partial charge is 0.453 e. The van der Waals surface area contributed by atoms with E-state index < -0.39 is 10.8 Å². The third-order valence-electron chi connectivity index (χ3n) is 19.0. The first-order chi connectivity index (χ1) is 40.6. The maximum absolute atomic E-state index is 6.57. The van der Waals surface area contributed by atoms with E-state index in [1.807, 2.05) is 0 Å². The van der Waals surface area contributed by atoms with Crippen LogP contribution in [0.2, 0.25) is 0 Å². The molecule has 0 bridgehead atoms. The summed E-state index contributed by atoms with van der Waals surface area (Å²) >= 11 is 0. The van der Waals surface area contributed by atoms with Crippen molar-refractivity contribution in [1.82, 2.24) is 0 Å². The van der Waals surface area contributed by atoms with Gasteiger partial charge in [0, 0.05) is 11.4 Å². The van der Waals surface area contributed by atoms with E-state index in [1.165, 1.54) is 111 Å². The minimum Gasteiger partial charge on any atom is -0.453 e. The maximum atomic E-state index is 6.57. The van der Waals surface area contributed by atoms with Crippen LogP contribution in [0, 0.1) is 0 Å². The highest BCUT2D eigenvalue weighted by Crippen LogP contribution is 2.67. The van der Waals surface area contributed by atoms with Crippen molar-refractivity contribution in [2.45, 2.75) is 37.5 Å². The molecule has 0 atom stereocenters. The molecular formula is C78H52N2O2. The number of para-hydroxylation sites is 8. The molecule has 12 aromatic rings. The highest BCUT2D eigenvalue weighted by Gasteiger charge is 2.54. The summed E-state index contributed by atoms with van der Waals surface area (Å²) < 4.78 is 13.1. The molecule has 6 aliphatic rings. The number of fused-ring (bicyclic) bond motifs is 24. The highest BCUT2D eigenvalue weighted by molar-refractivity contribution is 6.02. The van der Waals surface area contributed by atoms with Gasteiger partial charge in [0.2, 0.25) is 0 Å². The number of benzene rings is 12. The van der Waals surface area contributed by atoms with E-state index in [1.54, 1.807) is 0 Å². The summed E-state index contributed by atoms with van der Waals surface area (Å²) in [5.41, 5.74) is 31.6. The van der Waals surface area contributed by atoms with Crippen molar-refractivity contribution >= 4 is 34.1 Å². The molecule has 4 aliphatic carbocycles. The number of hydrogen-bond donors (Lipinski definition) is 0. The predicted octanol–water partition coefficient (Wildman–Crippen LogP) is 20.3. The SMILES string of the molecule is CCc1cc2c(cc1-c1ccc3c(c1CC)-c1ccc(N4c5ccccc5Oc5ccccc54)cc1C31c3ccccc3-c3ccccc31)-c1ccc(N3c4ccccc4Oc4ccccc43)cc1C21c2ccccc2-c2ccccc21. The molecule has 4 heteroatoms. The summed E-state index contributed by atoms with van der Waals surface area (Å²) in [6.45, 7) is 4.72. The van der Waals surface area contributed by atoms with E-state index in [0.717, 1.165) is 70.0 Å². The van der Waals surface area contributed by atoms with Crippen LogP contribution in [0.5, 0.6) is 23.0 Å². The predicted molar refractivity (Wildman–Crippen MR) is 333 cm³/mol. The zero-order valence-corrected chi connectivity index (χ0v) is 45.4. The summed E-state index contributed by atoms with van der Waals surface area (Å²) in [5, 5.41) is 0. The number of anilines is 6. The van der Waals surface area contributed by atoms with E-state index in [-0.39, 0.29) is 0 Å². The lowest BCUT2D eigenvalue weighted by molar-refractivity contribution is 0.476. The van der Waals surface area contributed by atoms with Crippen molar-refractivity contribution in [3.05, 3.63) is 310 Å². The molecular weight excluding hydrogens is 997 g/mol. The average molecular weight is 1050 g/mol. The standard InChI is InChI=1S/C78H52N2O2/c1-3-47-43-65-59(56-39-37-48(79-68-29-13-17-33-72(68)81-73-34-18-14-30-69(73)79)44-66(56)78(65)62-27-11-7-23-54(62)55-24-8-12-28-63(55)78)46-58(47)51-41-42-64-76(50(51)4-2)57-40-38-49(80-70-31-15-19-35-74(70)82-75-36-20-16-32-71(75)80)45-67(57)77(64)60-25-9-5-21-52(60)53-22-6-10-26-61(53)77/h5-46H,3-4H2,1-2H3. The molecule has 2 aliphatic heterocycles. The van der Waals surface area contributed by atoms with Crippen LogP contribution in [0.25, 0.3) is 55.6 Å². The van der Waals surface area contributed by atoms with Gasteiger partial charge in [0.15, 0.2) is 23.0 Å². The molecule has 2 heterocycles. The first-order valence-electron chi connectivity index (χ1n) is 28.9. The van der Waals surface area contributed by atoms with Gasteiger partial charge in [-0.05, 0) is 203 Å². The first kappa shape index (κ1) is 45.7. The lowest BCUT2D eigenvalue weighted by Gasteiger charge is -2.35.